The fourth-order valence-electron chi connectivity index (χ4n) is 3.78. The summed E-state index contributed by atoms with van der Waals surface area (Å²) in [5.74, 6) is 0.846. The van der Waals surface area contributed by atoms with Gasteiger partial charge in [0, 0.05) is 12.1 Å². The van der Waals surface area contributed by atoms with Crippen LogP contribution in [0.15, 0.2) is 34.2 Å². The van der Waals surface area contributed by atoms with Gasteiger partial charge >= 0.3 is 0 Å². The van der Waals surface area contributed by atoms with Crippen LogP contribution in [0.5, 0.6) is 0 Å². The van der Waals surface area contributed by atoms with E-state index < -0.39 is 16.1 Å². The minimum Gasteiger partial charge on any atom is -0.354 e. The van der Waals surface area contributed by atoms with Gasteiger partial charge in [-0.2, -0.15) is 0 Å². The number of hydrogen-bond donors (Lipinski definition) is 2. The number of carbonyl (C=O) groups excluding carboxylic acids is 1. The number of carbonyl (C=O) groups is 1. The van der Waals surface area contributed by atoms with Crippen LogP contribution in [0.4, 0.5) is 0 Å². The summed E-state index contributed by atoms with van der Waals surface area (Å²) >= 11 is 0. The molecule has 2 heterocycles. The normalized spacial score (nSPS) is 21.7. The van der Waals surface area contributed by atoms with Gasteiger partial charge in [-0.15, -0.1) is 0 Å². The molecule has 0 saturated carbocycles. The highest BCUT2D eigenvalue weighted by Crippen LogP contribution is 2.23. The maximum absolute atomic E-state index is 12.7. The van der Waals surface area contributed by atoms with E-state index in [0.29, 0.717) is 12.1 Å². The number of amidine groups is 1. The van der Waals surface area contributed by atoms with E-state index >= 15 is 0 Å². The summed E-state index contributed by atoms with van der Waals surface area (Å²) in [5.41, 5.74) is 0.519. The van der Waals surface area contributed by atoms with Gasteiger partial charge in [0.15, 0.2) is 0 Å². The zero-order valence-electron chi connectivity index (χ0n) is 17.5. The van der Waals surface area contributed by atoms with Gasteiger partial charge in [-0.25, -0.2) is 8.42 Å². The van der Waals surface area contributed by atoms with Crippen molar-refractivity contribution in [2.75, 3.05) is 26.2 Å². The zero-order chi connectivity index (χ0) is 21.0. The molecule has 1 fully saturated rings. The van der Waals surface area contributed by atoms with Gasteiger partial charge in [0.25, 0.3) is 10.0 Å². The van der Waals surface area contributed by atoms with E-state index in [1.807, 2.05) is 13.8 Å². The SMILES string of the molecule is CC1CCN(CCCNC(=O)[C@@H](N=C2NS(=O)(=O)c3ccccc32)C(C)C)CC1. The molecule has 1 aromatic carbocycles. The van der Waals surface area contributed by atoms with Crippen LogP contribution < -0.4 is 10.0 Å². The molecule has 1 atom stereocenters. The van der Waals surface area contributed by atoms with Crippen molar-refractivity contribution in [1.82, 2.24) is 14.9 Å². The Kier molecular flexibility index (Phi) is 6.95. The second-order valence-electron chi connectivity index (χ2n) is 8.44. The molecule has 0 unspecified atom stereocenters. The highest BCUT2D eigenvalue weighted by atomic mass is 32.2. The quantitative estimate of drug-likeness (QED) is 0.660. The van der Waals surface area contributed by atoms with Crippen molar-refractivity contribution < 1.29 is 13.2 Å². The van der Waals surface area contributed by atoms with Gasteiger partial charge in [0.05, 0.1) is 4.90 Å². The topological polar surface area (TPSA) is 90.9 Å². The maximum atomic E-state index is 12.7. The Labute approximate surface area is 174 Å². The van der Waals surface area contributed by atoms with Crippen LogP contribution in [0, 0.1) is 11.8 Å². The second-order valence-corrected chi connectivity index (χ2v) is 10.1. The smallest absolute Gasteiger partial charge is 0.263 e. The summed E-state index contributed by atoms with van der Waals surface area (Å²) in [6.45, 7) is 9.99. The third-order valence-corrected chi connectivity index (χ3v) is 7.05. The van der Waals surface area contributed by atoms with Gasteiger partial charge in [-0.3, -0.25) is 14.5 Å². The molecule has 1 saturated heterocycles. The number of fused-ring (bicyclic) bond motifs is 1. The molecule has 1 aromatic rings. The van der Waals surface area contributed by atoms with Crippen LogP contribution >= 0.6 is 0 Å². The Balaban J connectivity index is 1.59. The van der Waals surface area contributed by atoms with Crippen molar-refractivity contribution in [2.24, 2.45) is 16.8 Å². The van der Waals surface area contributed by atoms with Crippen LogP contribution in [0.3, 0.4) is 0 Å². The third-order valence-electron chi connectivity index (χ3n) is 5.66. The predicted octanol–water partition coefficient (Wildman–Crippen LogP) is 1.99. The Hall–Kier alpha value is -1.93. The van der Waals surface area contributed by atoms with Gasteiger partial charge in [-0.1, -0.05) is 32.9 Å². The first-order chi connectivity index (χ1) is 13.8. The molecular weight excluding hydrogens is 388 g/mol. The average Bonchev–Trinajstić information content (AvgIpc) is 2.95. The Morgan fingerprint density at radius 3 is 2.66 bits per heavy atom. The average molecular weight is 421 g/mol. The molecule has 7 nitrogen and oxygen atoms in total. The fraction of sp³-hybridized carbons (Fsp3) is 0.619. The van der Waals surface area contributed by atoms with Crippen molar-refractivity contribution in [3.05, 3.63) is 29.8 Å². The lowest BCUT2D eigenvalue weighted by Gasteiger charge is -2.30. The first-order valence-corrected chi connectivity index (χ1v) is 12.0. The van der Waals surface area contributed by atoms with Crippen molar-refractivity contribution in [2.45, 2.75) is 51.0 Å². The number of aliphatic imine (C=N–C) groups is 1. The molecule has 1 amide bonds. The molecule has 0 aliphatic carbocycles. The molecule has 2 aliphatic heterocycles. The van der Waals surface area contributed by atoms with E-state index in [4.69, 9.17) is 0 Å². The van der Waals surface area contributed by atoms with Crippen LogP contribution in [-0.2, 0) is 14.8 Å². The molecule has 0 aromatic heterocycles. The van der Waals surface area contributed by atoms with Crippen LogP contribution in [-0.4, -0.2) is 57.3 Å². The first kappa shape index (κ1) is 21.8. The fourth-order valence-corrected chi connectivity index (χ4v) is 5.02. The van der Waals surface area contributed by atoms with Crippen LogP contribution in [0.1, 0.15) is 45.6 Å². The summed E-state index contributed by atoms with van der Waals surface area (Å²) in [6, 6.07) is 6.06. The van der Waals surface area contributed by atoms with Gasteiger partial charge in [0.2, 0.25) is 5.91 Å². The summed E-state index contributed by atoms with van der Waals surface area (Å²) in [6.07, 6.45) is 3.39. The Bertz CT molecular complexity index is 858. The molecule has 0 radical (unpaired) electrons. The van der Waals surface area contributed by atoms with Crippen molar-refractivity contribution >= 4 is 21.8 Å². The third kappa shape index (κ3) is 5.36. The van der Waals surface area contributed by atoms with E-state index in [1.54, 1.807) is 24.3 Å². The first-order valence-electron chi connectivity index (χ1n) is 10.5. The second kappa shape index (κ2) is 9.26. The molecule has 8 heteroatoms. The van der Waals surface area contributed by atoms with Gasteiger partial charge in [-0.05, 0) is 62.9 Å². The van der Waals surface area contributed by atoms with Gasteiger partial charge in [0.1, 0.15) is 11.9 Å². The van der Waals surface area contributed by atoms with E-state index in [9.17, 15) is 13.2 Å². The van der Waals surface area contributed by atoms with Crippen molar-refractivity contribution in [3.63, 3.8) is 0 Å². The summed E-state index contributed by atoms with van der Waals surface area (Å²) < 4.78 is 27.0. The highest BCUT2D eigenvalue weighted by Gasteiger charge is 2.32. The summed E-state index contributed by atoms with van der Waals surface area (Å²) in [5, 5.41) is 2.98. The molecule has 2 N–H and O–H groups in total. The minimum atomic E-state index is -3.61. The Morgan fingerprint density at radius 1 is 1.28 bits per heavy atom. The number of amides is 1. The molecular formula is C21H32N4O3S. The largest absolute Gasteiger partial charge is 0.354 e. The number of piperidine rings is 1. The number of likely N-dealkylation sites (tertiary alicyclic amines) is 1. The lowest BCUT2D eigenvalue weighted by Crippen LogP contribution is -2.40. The standard InChI is InChI=1S/C21H32N4O3S/c1-15(2)19(21(26)22-11-6-12-25-13-9-16(3)10-14-25)23-20-17-7-4-5-8-18(17)29(27,28)24-20/h4-5,7-8,15-16,19H,6,9-14H2,1-3H3,(H,22,26)(H,23,24)/t19-/m0/s1. The predicted molar refractivity (Wildman–Crippen MR) is 114 cm³/mol. The van der Waals surface area contributed by atoms with Gasteiger partial charge < -0.3 is 10.2 Å². The zero-order valence-corrected chi connectivity index (χ0v) is 18.3. The summed E-state index contributed by atoms with van der Waals surface area (Å²) in [4.78, 5) is 19.9. The lowest BCUT2D eigenvalue weighted by atomic mass is 9.99. The van der Waals surface area contributed by atoms with Crippen molar-refractivity contribution in [3.8, 4) is 0 Å². The molecule has 0 bridgehead atoms. The van der Waals surface area contributed by atoms with Crippen molar-refractivity contribution in [1.29, 1.82) is 0 Å². The molecule has 0 spiro atoms. The van der Waals surface area contributed by atoms with E-state index in [1.165, 1.54) is 12.8 Å². The van der Waals surface area contributed by atoms with E-state index in [0.717, 1.165) is 32.0 Å². The van der Waals surface area contributed by atoms with E-state index in [-0.39, 0.29) is 22.6 Å². The maximum Gasteiger partial charge on any atom is 0.263 e. The van der Waals surface area contributed by atoms with E-state index in [2.05, 4.69) is 26.9 Å². The summed E-state index contributed by atoms with van der Waals surface area (Å²) in [7, 11) is -3.61. The molecule has 2 aliphatic rings. The molecule has 3 rings (SSSR count). The lowest BCUT2D eigenvalue weighted by molar-refractivity contribution is -0.123. The number of sulfonamides is 1. The highest BCUT2D eigenvalue weighted by molar-refractivity contribution is 7.90. The number of rotatable bonds is 7. The monoisotopic (exact) mass is 420 g/mol. The van der Waals surface area contributed by atoms with Crippen LogP contribution in [0.25, 0.3) is 0 Å². The number of nitrogens with one attached hydrogen (secondary N) is 2. The minimum absolute atomic E-state index is 0.0525. The van der Waals surface area contributed by atoms with Crippen LogP contribution in [0.2, 0.25) is 0 Å². The number of nitrogens with zero attached hydrogens (tertiary/aromatic N) is 2. The number of hydrogen-bond acceptors (Lipinski definition) is 5. The Morgan fingerprint density at radius 2 is 1.97 bits per heavy atom. The molecule has 29 heavy (non-hydrogen) atoms. The number of benzene rings is 1. The molecule has 160 valence electrons.